The average Bonchev–Trinajstić information content (AvgIpc) is 3.32. The lowest BCUT2D eigenvalue weighted by atomic mass is 9.99. The van der Waals surface area contributed by atoms with Crippen LogP contribution >= 0.6 is 0 Å². The fraction of sp³-hybridized carbons (Fsp3) is 0.548. The van der Waals surface area contributed by atoms with E-state index in [0.29, 0.717) is 24.8 Å². The van der Waals surface area contributed by atoms with Gasteiger partial charge in [-0.3, -0.25) is 28.9 Å². The summed E-state index contributed by atoms with van der Waals surface area (Å²) in [6.07, 6.45) is -5.01. The molecule has 47 heavy (non-hydrogen) atoms. The highest BCUT2D eigenvalue weighted by Crippen LogP contribution is 2.31. The largest absolute Gasteiger partial charge is 0.479 e. The average molecular weight is 664 g/mol. The number of aliphatic hydroxyl groups is 3. The summed E-state index contributed by atoms with van der Waals surface area (Å²) in [6.45, 7) is 3.84. The second-order valence-electron chi connectivity index (χ2n) is 11.6. The summed E-state index contributed by atoms with van der Waals surface area (Å²) >= 11 is 0. The van der Waals surface area contributed by atoms with Crippen molar-refractivity contribution in [1.29, 1.82) is 0 Å². The van der Waals surface area contributed by atoms with E-state index in [1.54, 1.807) is 0 Å². The summed E-state index contributed by atoms with van der Waals surface area (Å²) in [6, 6.07) is 4.29. The molecule has 0 spiro atoms. The number of ether oxygens (including phenoxy) is 3. The van der Waals surface area contributed by atoms with Crippen LogP contribution in [0.3, 0.4) is 0 Å². The van der Waals surface area contributed by atoms with Gasteiger partial charge in [0.05, 0.1) is 5.69 Å². The van der Waals surface area contributed by atoms with Crippen molar-refractivity contribution in [1.82, 2.24) is 10.2 Å². The first-order valence-electron chi connectivity index (χ1n) is 15.2. The lowest BCUT2D eigenvalue weighted by Crippen LogP contribution is -2.61. The summed E-state index contributed by atoms with van der Waals surface area (Å²) in [5.74, 6) is -3.60. The maximum atomic E-state index is 12.8. The summed E-state index contributed by atoms with van der Waals surface area (Å²) in [4.78, 5) is 72.8. The minimum Gasteiger partial charge on any atom is -0.479 e. The second-order valence-corrected chi connectivity index (χ2v) is 11.6. The van der Waals surface area contributed by atoms with E-state index < -0.39 is 48.6 Å². The number of rotatable bonds is 17. The predicted molar refractivity (Wildman–Crippen MR) is 161 cm³/mol. The lowest BCUT2D eigenvalue weighted by molar-refractivity contribution is -0.271. The molecule has 0 unspecified atom stereocenters. The molecule has 258 valence electrons. The zero-order valence-electron chi connectivity index (χ0n) is 26.1. The first-order chi connectivity index (χ1) is 22.3. The molecule has 4 amide bonds. The van der Waals surface area contributed by atoms with Gasteiger partial charge in [0.15, 0.2) is 6.10 Å². The quantitative estimate of drug-likeness (QED) is 0.0731. The van der Waals surface area contributed by atoms with Gasteiger partial charge in [0, 0.05) is 44.5 Å². The van der Waals surface area contributed by atoms with E-state index in [-0.39, 0.29) is 74.0 Å². The van der Waals surface area contributed by atoms with Crippen LogP contribution in [0.25, 0.3) is 0 Å². The molecule has 3 rings (SSSR count). The fourth-order valence-electron chi connectivity index (χ4n) is 4.70. The second kappa shape index (κ2) is 17.5. The molecule has 2 heterocycles. The highest BCUT2D eigenvalue weighted by atomic mass is 16.7. The highest BCUT2D eigenvalue weighted by molar-refractivity contribution is 6.12. The molecule has 0 radical (unpaired) electrons. The molecule has 16 heteroatoms. The number of carbonyl (C=O) groups is 6. The third-order valence-corrected chi connectivity index (χ3v) is 7.21. The van der Waals surface area contributed by atoms with Crippen molar-refractivity contribution in [2.45, 2.75) is 89.7 Å². The predicted octanol–water partition coefficient (Wildman–Crippen LogP) is -0.0229. The monoisotopic (exact) mass is 663 g/mol. The molecular formula is C31H41N3O13. The van der Waals surface area contributed by atoms with E-state index in [0.717, 1.165) is 4.90 Å². The van der Waals surface area contributed by atoms with Gasteiger partial charge in [-0.1, -0.05) is 26.3 Å². The number of anilines is 1. The Bertz CT molecular complexity index is 1330. The van der Waals surface area contributed by atoms with E-state index in [2.05, 4.69) is 10.6 Å². The molecular weight excluding hydrogens is 622 g/mol. The molecule has 2 aliphatic rings. The number of hydrogen-bond donors (Lipinski definition) is 6. The molecule has 0 bridgehead atoms. The number of nitrogens with one attached hydrogen (secondary N) is 2. The van der Waals surface area contributed by atoms with Crippen molar-refractivity contribution < 1.29 is 63.4 Å². The lowest BCUT2D eigenvalue weighted by Gasteiger charge is -2.38. The molecule has 5 atom stereocenters. The fourth-order valence-corrected chi connectivity index (χ4v) is 4.70. The Kier molecular flexibility index (Phi) is 13.8. The standard InChI is InChI=1S/C31H41N3O13/c1-17(2)14-25(39)45-16-18-7-8-20(46-31-28(42)26(40)27(41)29(47-31)30(43)44)19(15-18)33-22(36)11-12-32-21(35)6-4-3-5-13-34-23(37)9-10-24(34)38/h7-10,15,17,26-29,31,40-42H,3-6,11-14,16H2,1-2H3,(H,32,35)(H,33,36)(H,43,44)/t26-,27-,28+,29-,31+/m0/s1. The number of carboxylic acids is 1. The van der Waals surface area contributed by atoms with E-state index >= 15 is 0 Å². The van der Waals surface area contributed by atoms with Gasteiger partial charge < -0.3 is 45.3 Å². The van der Waals surface area contributed by atoms with Crippen molar-refractivity contribution >= 4 is 41.3 Å². The Labute approximate surface area is 270 Å². The molecule has 2 aliphatic heterocycles. The molecule has 1 saturated heterocycles. The van der Waals surface area contributed by atoms with E-state index in [4.69, 9.17) is 14.2 Å². The normalized spacial score (nSPS) is 22.3. The Balaban J connectivity index is 1.56. The van der Waals surface area contributed by atoms with E-state index in [1.807, 2.05) is 13.8 Å². The molecule has 0 aromatic heterocycles. The first kappa shape index (κ1) is 37.1. The van der Waals surface area contributed by atoms with Gasteiger partial charge in [-0.05, 0) is 36.5 Å². The van der Waals surface area contributed by atoms with Crippen molar-refractivity contribution in [2.75, 3.05) is 18.4 Å². The van der Waals surface area contributed by atoms with Crippen molar-refractivity contribution in [3.63, 3.8) is 0 Å². The van der Waals surface area contributed by atoms with Crippen LogP contribution in [-0.2, 0) is 44.8 Å². The molecule has 0 saturated carbocycles. The van der Waals surface area contributed by atoms with Crippen LogP contribution < -0.4 is 15.4 Å². The van der Waals surface area contributed by atoms with Crippen LogP contribution in [0.1, 0.15) is 57.9 Å². The highest BCUT2D eigenvalue weighted by Gasteiger charge is 2.48. The number of esters is 1. The number of carbonyl (C=O) groups excluding carboxylic acids is 5. The number of aliphatic carboxylic acids is 1. The Morgan fingerprint density at radius 1 is 0.936 bits per heavy atom. The van der Waals surface area contributed by atoms with Crippen molar-refractivity contribution in [2.24, 2.45) is 5.92 Å². The third kappa shape index (κ3) is 11.1. The molecule has 1 aromatic rings. The van der Waals surface area contributed by atoms with E-state index in [9.17, 15) is 49.2 Å². The zero-order valence-corrected chi connectivity index (χ0v) is 26.1. The van der Waals surface area contributed by atoms with Gasteiger partial charge in [-0.25, -0.2) is 4.79 Å². The number of imide groups is 1. The van der Waals surface area contributed by atoms with Crippen LogP contribution in [0.15, 0.2) is 30.4 Å². The number of aliphatic hydroxyl groups excluding tert-OH is 3. The maximum absolute atomic E-state index is 12.8. The summed E-state index contributed by atoms with van der Waals surface area (Å²) in [5, 5.41) is 45.0. The number of benzene rings is 1. The van der Waals surface area contributed by atoms with Crippen LogP contribution in [0.5, 0.6) is 5.75 Å². The molecule has 0 aliphatic carbocycles. The number of carboxylic acid groups (broad SMARTS) is 1. The molecule has 1 fully saturated rings. The number of amides is 4. The number of nitrogens with zero attached hydrogens (tertiary/aromatic N) is 1. The van der Waals surface area contributed by atoms with Crippen LogP contribution in [-0.4, -0.2) is 105 Å². The van der Waals surface area contributed by atoms with Gasteiger partial charge in [0.2, 0.25) is 18.1 Å². The van der Waals surface area contributed by atoms with Crippen LogP contribution in [0.2, 0.25) is 0 Å². The van der Waals surface area contributed by atoms with E-state index in [1.165, 1.54) is 30.4 Å². The zero-order chi connectivity index (χ0) is 34.7. The van der Waals surface area contributed by atoms with Crippen LogP contribution in [0, 0.1) is 5.92 Å². The Hall–Kier alpha value is -4.38. The SMILES string of the molecule is CC(C)CC(=O)OCc1ccc(O[C@@H]2O[C@H](C(=O)O)[C@@H](O)[C@H](O)[C@H]2O)c(NC(=O)CCNC(=O)CCCCCN2C(=O)C=CC2=O)c1. The van der Waals surface area contributed by atoms with Crippen molar-refractivity contribution in [3.05, 3.63) is 35.9 Å². The maximum Gasteiger partial charge on any atom is 0.335 e. The summed E-state index contributed by atoms with van der Waals surface area (Å²) in [5.41, 5.74) is 0.490. The minimum atomic E-state index is -1.93. The molecule has 1 aromatic carbocycles. The smallest absolute Gasteiger partial charge is 0.335 e. The van der Waals surface area contributed by atoms with Crippen molar-refractivity contribution in [3.8, 4) is 5.75 Å². The number of hydrogen-bond acceptors (Lipinski definition) is 12. The van der Waals surface area contributed by atoms with Gasteiger partial charge >= 0.3 is 11.9 Å². The van der Waals surface area contributed by atoms with Gasteiger partial charge in [-0.15, -0.1) is 0 Å². The molecule has 6 N–H and O–H groups in total. The molecule has 16 nitrogen and oxygen atoms in total. The Morgan fingerprint density at radius 3 is 2.30 bits per heavy atom. The van der Waals surface area contributed by atoms with Gasteiger partial charge in [0.25, 0.3) is 11.8 Å². The minimum absolute atomic E-state index is 0.00929. The summed E-state index contributed by atoms with van der Waals surface area (Å²) in [7, 11) is 0. The topological polar surface area (TPSA) is 238 Å². The van der Waals surface area contributed by atoms with Gasteiger partial charge in [0.1, 0.15) is 30.7 Å². The third-order valence-electron chi connectivity index (χ3n) is 7.21. The van der Waals surface area contributed by atoms with Crippen LogP contribution in [0.4, 0.5) is 5.69 Å². The summed E-state index contributed by atoms with van der Waals surface area (Å²) < 4.78 is 16.1. The number of unbranched alkanes of at least 4 members (excludes halogenated alkanes) is 2. The Morgan fingerprint density at radius 2 is 1.64 bits per heavy atom. The van der Waals surface area contributed by atoms with Gasteiger partial charge in [-0.2, -0.15) is 0 Å². The first-order valence-corrected chi connectivity index (χ1v) is 15.2.